The first-order valence-corrected chi connectivity index (χ1v) is 11.0. The van der Waals surface area contributed by atoms with Crippen LogP contribution in [0.1, 0.15) is 25.0 Å². The number of hydrogen-bond acceptors (Lipinski definition) is 5. The van der Waals surface area contributed by atoms with Gasteiger partial charge < -0.3 is 4.74 Å². The molecule has 0 aliphatic carbocycles. The summed E-state index contributed by atoms with van der Waals surface area (Å²) in [6, 6.07) is 13.2. The third-order valence-corrected chi connectivity index (χ3v) is 9.47. The zero-order valence-corrected chi connectivity index (χ0v) is 15.6. The number of hydrogen-bond donors (Lipinski definition) is 0. The zero-order valence-electron chi connectivity index (χ0n) is 14.0. The molecule has 3 heterocycles. The van der Waals surface area contributed by atoms with Gasteiger partial charge in [0.2, 0.25) is 19.7 Å². The van der Waals surface area contributed by atoms with Gasteiger partial charge >= 0.3 is 0 Å². The molecule has 0 atom stereocenters. The first-order valence-electron chi connectivity index (χ1n) is 8.05. The maximum atomic E-state index is 13.2. The maximum Gasteiger partial charge on any atom is 0.208 e. The summed E-state index contributed by atoms with van der Waals surface area (Å²) in [5, 5.41) is 0. The van der Waals surface area contributed by atoms with Gasteiger partial charge in [-0.15, -0.1) is 0 Å². The van der Waals surface area contributed by atoms with E-state index in [1.54, 1.807) is 50.2 Å². The Morgan fingerprint density at radius 2 is 1.08 bits per heavy atom. The summed E-state index contributed by atoms with van der Waals surface area (Å²) >= 11 is 0. The Morgan fingerprint density at radius 3 is 1.50 bits per heavy atom. The molecule has 132 valence electrons. The minimum absolute atomic E-state index is 0.0151. The van der Waals surface area contributed by atoms with Gasteiger partial charge in [0.25, 0.3) is 0 Å². The molecule has 0 fully saturated rings. The predicted molar refractivity (Wildman–Crippen MR) is 96.0 cm³/mol. The van der Waals surface area contributed by atoms with Crippen molar-refractivity contribution in [1.29, 1.82) is 0 Å². The SMILES string of the molecule is CC1(C)C2=C(OC3=C1S(=O)(=O)c1ccccc13)c1ccccc1S2(=O)=O. The highest BCUT2D eigenvalue weighted by Crippen LogP contribution is 2.60. The molecule has 0 spiro atoms. The van der Waals surface area contributed by atoms with E-state index in [4.69, 9.17) is 4.74 Å². The van der Waals surface area contributed by atoms with Crippen molar-refractivity contribution < 1.29 is 21.6 Å². The summed E-state index contributed by atoms with van der Waals surface area (Å²) in [4.78, 5) is 0.345. The van der Waals surface area contributed by atoms with Crippen LogP contribution in [0.4, 0.5) is 0 Å². The van der Waals surface area contributed by atoms with Crippen LogP contribution in [-0.2, 0) is 24.4 Å². The topological polar surface area (TPSA) is 77.5 Å². The van der Waals surface area contributed by atoms with Crippen molar-refractivity contribution in [2.75, 3.05) is 0 Å². The van der Waals surface area contributed by atoms with Crippen molar-refractivity contribution in [3.05, 3.63) is 69.5 Å². The lowest BCUT2D eigenvalue weighted by atomic mass is 9.87. The van der Waals surface area contributed by atoms with E-state index in [0.29, 0.717) is 11.1 Å². The molecule has 0 saturated heterocycles. The molecule has 0 bridgehead atoms. The molecule has 0 unspecified atom stereocenters. The van der Waals surface area contributed by atoms with Gasteiger partial charge in [-0.05, 0) is 38.1 Å². The minimum Gasteiger partial charge on any atom is -0.454 e. The molecule has 0 aromatic heterocycles. The average molecular weight is 386 g/mol. The molecule has 0 saturated carbocycles. The normalized spacial score (nSPS) is 23.0. The van der Waals surface area contributed by atoms with E-state index >= 15 is 0 Å². The van der Waals surface area contributed by atoms with Crippen LogP contribution in [0.2, 0.25) is 0 Å². The van der Waals surface area contributed by atoms with E-state index in [1.807, 2.05) is 0 Å². The Bertz CT molecular complexity index is 1190. The van der Waals surface area contributed by atoms with Gasteiger partial charge in [0.15, 0.2) is 11.5 Å². The second-order valence-electron chi connectivity index (χ2n) is 7.04. The van der Waals surface area contributed by atoms with Crippen molar-refractivity contribution in [2.24, 2.45) is 5.41 Å². The Hall–Kier alpha value is -2.38. The first-order chi connectivity index (χ1) is 12.2. The lowest BCUT2D eigenvalue weighted by Crippen LogP contribution is -2.29. The Kier molecular flexibility index (Phi) is 2.73. The molecule has 3 aliphatic rings. The molecule has 7 heteroatoms. The molecule has 0 amide bonds. The third kappa shape index (κ3) is 1.61. The quantitative estimate of drug-likeness (QED) is 0.694. The highest BCUT2D eigenvalue weighted by Gasteiger charge is 2.56. The highest BCUT2D eigenvalue weighted by atomic mass is 32.2. The van der Waals surface area contributed by atoms with Crippen molar-refractivity contribution in [2.45, 2.75) is 23.6 Å². The van der Waals surface area contributed by atoms with Crippen LogP contribution in [0.5, 0.6) is 0 Å². The second kappa shape index (κ2) is 4.47. The molecule has 0 N–H and O–H groups in total. The van der Waals surface area contributed by atoms with E-state index in [0.717, 1.165) is 0 Å². The molecule has 26 heavy (non-hydrogen) atoms. The van der Waals surface area contributed by atoms with Crippen molar-refractivity contribution in [3.63, 3.8) is 0 Å². The van der Waals surface area contributed by atoms with Crippen molar-refractivity contribution in [3.8, 4) is 0 Å². The molecular formula is C19H14O5S2. The number of rotatable bonds is 0. The number of fused-ring (bicyclic) bond motifs is 4. The number of benzene rings is 2. The minimum atomic E-state index is -3.83. The van der Waals surface area contributed by atoms with Crippen molar-refractivity contribution >= 4 is 31.2 Å². The van der Waals surface area contributed by atoms with E-state index in [9.17, 15) is 16.8 Å². The summed E-state index contributed by atoms with van der Waals surface area (Å²) in [5.74, 6) is 0.465. The van der Waals surface area contributed by atoms with Crippen molar-refractivity contribution in [1.82, 2.24) is 0 Å². The standard InChI is InChI=1S/C19H14O5S2/c1-19(2)17-15(11-7-3-5-9-13(11)25(17,20)21)24-16-12-8-4-6-10-14(12)26(22,23)18(16)19/h3-10H,1-2H3. The third-order valence-electron chi connectivity index (χ3n) is 5.13. The van der Waals surface area contributed by atoms with E-state index in [1.165, 1.54) is 12.1 Å². The average Bonchev–Trinajstić information content (AvgIpc) is 2.96. The van der Waals surface area contributed by atoms with Crippen LogP contribution in [0.15, 0.2) is 68.1 Å². The largest absolute Gasteiger partial charge is 0.454 e. The van der Waals surface area contributed by atoms with Crippen LogP contribution in [0.3, 0.4) is 0 Å². The fourth-order valence-electron chi connectivity index (χ4n) is 4.13. The molecule has 3 aliphatic heterocycles. The van der Waals surface area contributed by atoms with Crippen LogP contribution in [0.25, 0.3) is 11.5 Å². The Morgan fingerprint density at radius 1 is 0.692 bits per heavy atom. The van der Waals surface area contributed by atoms with Crippen LogP contribution < -0.4 is 0 Å². The second-order valence-corrected chi connectivity index (χ2v) is 10.8. The van der Waals surface area contributed by atoms with Gasteiger partial charge in [-0.1, -0.05) is 24.3 Å². The molecule has 2 aromatic carbocycles. The Labute approximate surface area is 151 Å². The van der Waals surface area contributed by atoms with Gasteiger partial charge in [0.1, 0.15) is 9.81 Å². The number of allylic oxidation sites excluding steroid dienone is 2. The summed E-state index contributed by atoms with van der Waals surface area (Å²) in [7, 11) is -7.67. The summed E-state index contributed by atoms with van der Waals surface area (Å²) in [5.41, 5.74) is -0.286. The first kappa shape index (κ1) is 15.8. The van der Waals surface area contributed by atoms with E-state index in [2.05, 4.69) is 0 Å². The van der Waals surface area contributed by atoms with Gasteiger partial charge in [-0.2, -0.15) is 0 Å². The van der Waals surface area contributed by atoms with Crippen LogP contribution in [-0.4, -0.2) is 16.8 Å². The molecule has 2 aromatic rings. The highest BCUT2D eigenvalue weighted by molar-refractivity contribution is 7.97. The molecule has 0 radical (unpaired) electrons. The summed E-state index contributed by atoms with van der Waals surface area (Å²) in [6.07, 6.45) is 0. The lowest BCUT2D eigenvalue weighted by Gasteiger charge is -2.32. The van der Waals surface area contributed by atoms with E-state index in [-0.39, 0.29) is 31.1 Å². The predicted octanol–water partition coefficient (Wildman–Crippen LogP) is 3.36. The summed E-state index contributed by atoms with van der Waals surface area (Å²) in [6.45, 7) is 3.26. The number of sulfone groups is 2. The monoisotopic (exact) mass is 386 g/mol. The number of ether oxygens (including phenoxy) is 1. The smallest absolute Gasteiger partial charge is 0.208 e. The maximum absolute atomic E-state index is 13.2. The lowest BCUT2D eigenvalue weighted by molar-refractivity contribution is 0.420. The van der Waals surface area contributed by atoms with Gasteiger partial charge in [-0.3, -0.25) is 0 Å². The van der Waals surface area contributed by atoms with E-state index < -0.39 is 25.1 Å². The molecule has 5 nitrogen and oxygen atoms in total. The molecule has 5 rings (SSSR count). The molecular weight excluding hydrogens is 372 g/mol. The fraction of sp³-hybridized carbons (Fsp3) is 0.158. The van der Waals surface area contributed by atoms with Gasteiger partial charge in [-0.25, -0.2) is 16.8 Å². The van der Waals surface area contributed by atoms with Gasteiger partial charge in [0, 0.05) is 16.5 Å². The van der Waals surface area contributed by atoms with Crippen LogP contribution in [0, 0.1) is 5.41 Å². The Balaban J connectivity index is 1.87. The van der Waals surface area contributed by atoms with Crippen LogP contribution >= 0.6 is 0 Å². The summed E-state index contributed by atoms with van der Waals surface area (Å²) < 4.78 is 58.6. The van der Waals surface area contributed by atoms with Gasteiger partial charge in [0.05, 0.1) is 9.79 Å². The fourth-order valence-corrected chi connectivity index (χ4v) is 8.39. The zero-order chi connectivity index (χ0) is 18.5.